The lowest BCUT2D eigenvalue weighted by atomic mass is 10.2. The number of methoxy groups -OCH3 is 1. The van der Waals surface area contributed by atoms with Crippen LogP contribution in [0.5, 0.6) is 11.5 Å². The number of aliphatic hydroxyl groups is 1. The lowest BCUT2D eigenvalue weighted by Gasteiger charge is -2.03. The summed E-state index contributed by atoms with van der Waals surface area (Å²) in [4.78, 5) is 10.8. The highest BCUT2D eigenvalue weighted by molar-refractivity contribution is 5.94. The average molecular weight is 208 g/mol. The van der Waals surface area contributed by atoms with Crippen molar-refractivity contribution in [1.29, 1.82) is 0 Å². The van der Waals surface area contributed by atoms with Gasteiger partial charge in [0, 0.05) is 0 Å². The number of hydrogen-bond donors (Lipinski definition) is 2. The Bertz CT molecular complexity index is 382. The van der Waals surface area contributed by atoms with Crippen molar-refractivity contribution in [2.45, 2.75) is 0 Å². The number of aromatic hydroxyl groups is 1. The minimum atomic E-state index is -0.508. The monoisotopic (exact) mass is 208 g/mol. The number of hydrogen-bond acceptors (Lipinski definition) is 4. The number of carbonyl (C=O) groups excluding carboxylic acids is 1. The number of ketones is 1. The van der Waals surface area contributed by atoms with E-state index < -0.39 is 6.61 Å². The lowest BCUT2D eigenvalue weighted by Crippen LogP contribution is -1.97. The van der Waals surface area contributed by atoms with E-state index in [9.17, 15) is 9.90 Å². The van der Waals surface area contributed by atoms with E-state index in [1.807, 2.05) is 0 Å². The van der Waals surface area contributed by atoms with Crippen LogP contribution in [-0.4, -0.2) is 29.7 Å². The van der Waals surface area contributed by atoms with Gasteiger partial charge in [0.1, 0.15) is 6.61 Å². The molecule has 0 heterocycles. The highest BCUT2D eigenvalue weighted by Crippen LogP contribution is 2.26. The Kier molecular flexibility index (Phi) is 3.88. The summed E-state index contributed by atoms with van der Waals surface area (Å²) in [6.07, 6.45) is 2.81. The number of rotatable bonds is 4. The third-order valence-corrected chi connectivity index (χ3v) is 1.82. The number of ether oxygens (including phenoxy) is 1. The third-order valence-electron chi connectivity index (χ3n) is 1.82. The summed E-state index contributed by atoms with van der Waals surface area (Å²) in [6, 6.07) is 4.71. The molecular formula is C11H12O4. The summed E-state index contributed by atoms with van der Waals surface area (Å²) >= 11 is 0. The second-order valence-electron chi connectivity index (χ2n) is 2.89. The van der Waals surface area contributed by atoms with Crippen molar-refractivity contribution >= 4 is 11.9 Å². The first-order chi connectivity index (χ1) is 7.17. The van der Waals surface area contributed by atoms with E-state index in [0.717, 1.165) is 0 Å². The molecule has 0 aliphatic rings. The van der Waals surface area contributed by atoms with Crippen molar-refractivity contribution < 1.29 is 19.7 Å². The molecule has 0 aliphatic heterocycles. The normalized spacial score (nSPS) is 10.5. The fourth-order valence-corrected chi connectivity index (χ4v) is 1.04. The fourth-order valence-electron chi connectivity index (χ4n) is 1.04. The maximum absolute atomic E-state index is 10.8. The number of phenolic OH excluding ortho intramolecular Hbond substituents is 1. The second-order valence-corrected chi connectivity index (χ2v) is 2.89. The molecule has 1 rings (SSSR count). The van der Waals surface area contributed by atoms with E-state index >= 15 is 0 Å². The van der Waals surface area contributed by atoms with Crippen LogP contribution in [0.25, 0.3) is 6.08 Å². The van der Waals surface area contributed by atoms with Crippen LogP contribution >= 0.6 is 0 Å². The van der Waals surface area contributed by atoms with Crippen molar-refractivity contribution in [1.82, 2.24) is 0 Å². The van der Waals surface area contributed by atoms with E-state index in [4.69, 9.17) is 9.84 Å². The van der Waals surface area contributed by atoms with Gasteiger partial charge < -0.3 is 14.9 Å². The Balaban J connectivity index is 2.87. The summed E-state index contributed by atoms with van der Waals surface area (Å²) in [6.45, 7) is -0.508. The maximum atomic E-state index is 10.8. The molecule has 0 unspecified atom stereocenters. The largest absolute Gasteiger partial charge is 0.504 e. The van der Waals surface area contributed by atoms with E-state index in [1.54, 1.807) is 18.2 Å². The first-order valence-electron chi connectivity index (χ1n) is 4.36. The highest BCUT2D eigenvalue weighted by atomic mass is 16.5. The smallest absolute Gasteiger partial charge is 0.181 e. The molecule has 0 saturated carbocycles. The van der Waals surface area contributed by atoms with Gasteiger partial charge in [-0.3, -0.25) is 4.79 Å². The van der Waals surface area contributed by atoms with Crippen LogP contribution in [0, 0.1) is 0 Å². The SMILES string of the molecule is COc1cc(/C=C/C(=O)CO)ccc1O. The van der Waals surface area contributed by atoms with E-state index in [-0.39, 0.29) is 11.5 Å². The van der Waals surface area contributed by atoms with Crippen molar-refractivity contribution in [3.8, 4) is 11.5 Å². The van der Waals surface area contributed by atoms with Gasteiger partial charge in [-0.05, 0) is 23.8 Å². The van der Waals surface area contributed by atoms with Crippen molar-refractivity contribution in [2.75, 3.05) is 13.7 Å². The minimum absolute atomic E-state index is 0.0446. The van der Waals surface area contributed by atoms with Gasteiger partial charge in [0.15, 0.2) is 17.3 Å². The van der Waals surface area contributed by atoms with Crippen molar-refractivity contribution in [3.05, 3.63) is 29.8 Å². The number of carbonyl (C=O) groups is 1. The summed E-state index contributed by atoms with van der Waals surface area (Å²) < 4.78 is 4.90. The zero-order valence-electron chi connectivity index (χ0n) is 8.30. The topological polar surface area (TPSA) is 66.8 Å². The Morgan fingerprint density at radius 1 is 1.53 bits per heavy atom. The Morgan fingerprint density at radius 2 is 2.27 bits per heavy atom. The van der Waals surface area contributed by atoms with Gasteiger partial charge in [0.2, 0.25) is 0 Å². The Morgan fingerprint density at radius 3 is 2.87 bits per heavy atom. The molecule has 15 heavy (non-hydrogen) atoms. The van der Waals surface area contributed by atoms with Crippen molar-refractivity contribution in [3.63, 3.8) is 0 Å². The minimum Gasteiger partial charge on any atom is -0.504 e. The van der Waals surface area contributed by atoms with Crippen LogP contribution in [0.3, 0.4) is 0 Å². The fraction of sp³-hybridized carbons (Fsp3) is 0.182. The molecule has 1 aromatic carbocycles. The van der Waals surface area contributed by atoms with Crippen LogP contribution in [0.2, 0.25) is 0 Å². The molecular weight excluding hydrogens is 196 g/mol. The van der Waals surface area contributed by atoms with E-state index in [0.29, 0.717) is 11.3 Å². The first kappa shape index (κ1) is 11.3. The molecule has 4 nitrogen and oxygen atoms in total. The molecule has 0 bridgehead atoms. The van der Waals surface area contributed by atoms with Gasteiger partial charge in [-0.15, -0.1) is 0 Å². The van der Waals surface area contributed by atoms with Gasteiger partial charge >= 0.3 is 0 Å². The maximum Gasteiger partial charge on any atom is 0.181 e. The summed E-state index contributed by atoms with van der Waals surface area (Å²) in [7, 11) is 1.45. The predicted octanol–water partition coefficient (Wildman–Crippen LogP) is 0.975. The molecule has 0 radical (unpaired) electrons. The number of aliphatic hydroxyl groups excluding tert-OH is 1. The molecule has 0 amide bonds. The van der Waals surface area contributed by atoms with Gasteiger partial charge in [-0.2, -0.15) is 0 Å². The molecule has 1 aromatic rings. The molecule has 0 spiro atoms. The highest BCUT2D eigenvalue weighted by Gasteiger charge is 2.00. The van der Waals surface area contributed by atoms with Gasteiger partial charge in [0.25, 0.3) is 0 Å². The molecule has 0 atom stereocenters. The van der Waals surface area contributed by atoms with Crippen LogP contribution < -0.4 is 4.74 Å². The third kappa shape index (κ3) is 3.11. The quantitative estimate of drug-likeness (QED) is 0.724. The van der Waals surface area contributed by atoms with Crippen LogP contribution in [0.1, 0.15) is 5.56 Å². The summed E-state index contributed by atoms with van der Waals surface area (Å²) in [5.74, 6) is 0.0128. The molecule has 0 saturated heterocycles. The first-order valence-corrected chi connectivity index (χ1v) is 4.36. The Labute approximate surface area is 87.4 Å². The Hall–Kier alpha value is -1.81. The van der Waals surface area contributed by atoms with Crippen LogP contribution in [0.4, 0.5) is 0 Å². The predicted molar refractivity (Wildman–Crippen MR) is 55.8 cm³/mol. The van der Waals surface area contributed by atoms with Gasteiger partial charge in [0.05, 0.1) is 7.11 Å². The standard InChI is InChI=1S/C11H12O4/c1-15-11-6-8(3-5-10(11)14)2-4-9(13)7-12/h2-6,12,14H,7H2,1H3/b4-2+. The van der Waals surface area contributed by atoms with E-state index in [2.05, 4.69) is 0 Å². The summed E-state index contributed by atoms with van der Waals surface area (Å²) in [5, 5.41) is 17.8. The van der Waals surface area contributed by atoms with Crippen molar-refractivity contribution in [2.24, 2.45) is 0 Å². The molecule has 0 aliphatic carbocycles. The lowest BCUT2D eigenvalue weighted by molar-refractivity contribution is -0.117. The molecule has 0 aromatic heterocycles. The van der Waals surface area contributed by atoms with Gasteiger partial charge in [-0.1, -0.05) is 12.1 Å². The molecule has 0 fully saturated rings. The molecule has 2 N–H and O–H groups in total. The van der Waals surface area contributed by atoms with Crippen LogP contribution in [-0.2, 0) is 4.79 Å². The second kappa shape index (κ2) is 5.17. The average Bonchev–Trinajstić information content (AvgIpc) is 2.27. The number of benzene rings is 1. The molecule has 80 valence electrons. The summed E-state index contributed by atoms with van der Waals surface area (Å²) in [5.41, 5.74) is 0.714. The van der Waals surface area contributed by atoms with Crippen LogP contribution in [0.15, 0.2) is 24.3 Å². The number of phenols is 1. The zero-order chi connectivity index (χ0) is 11.3. The van der Waals surface area contributed by atoms with Gasteiger partial charge in [-0.25, -0.2) is 0 Å². The zero-order valence-corrected chi connectivity index (χ0v) is 8.30. The molecule has 4 heteroatoms. The van der Waals surface area contributed by atoms with E-state index in [1.165, 1.54) is 19.3 Å².